The minimum Gasteiger partial charge on any atom is -0.309 e. The van der Waals surface area contributed by atoms with E-state index in [1.165, 1.54) is 21.5 Å². The summed E-state index contributed by atoms with van der Waals surface area (Å²) >= 11 is 0. The molecule has 0 radical (unpaired) electrons. The molecule has 16 rings (SSSR count). The molecule has 5 aromatic heterocycles. The van der Waals surface area contributed by atoms with Crippen molar-refractivity contribution in [2.75, 3.05) is 0 Å². The minimum atomic E-state index is 0.572. The topological polar surface area (TPSA) is 56.4 Å². The summed E-state index contributed by atoms with van der Waals surface area (Å²) in [5.41, 5.74) is 20.4. The Morgan fingerprint density at radius 2 is 0.550 bits per heavy atom. The van der Waals surface area contributed by atoms with Gasteiger partial charge < -0.3 is 18.3 Å². The van der Waals surface area contributed by atoms with Crippen LogP contribution in [-0.2, 0) is 0 Å². The van der Waals surface area contributed by atoms with Crippen molar-refractivity contribution in [1.29, 1.82) is 5.26 Å². The largest absolute Gasteiger partial charge is 0.309 e. The van der Waals surface area contributed by atoms with Gasteiger partial charge in [0.05, 0.1) is 61.1 Å². The van der Waals surface area contributed by atoms with Crippen molar-refractivity contribution in [2.45, 2.75) is 13.8 Å². The van der Waals surface area contributed by atoms with Gasteiger partial charge in [-0.25, -0.2) is 0 Å². The molecule has 0 atom stereocenters. The lowest BCUT2D eigenvalue weighted by Gasteiger charge is -2.28. The van der Waals surface area contributed by atoms with Gasteiger partial charge in [0.2, 0.25) is 0 Å². The fourth-order valence-electron chi connectivity index (χ4n) is 13.4. The van der Waals surface area contributed by atoms with Crippen LogP contribution in [0.25, 0.3) is 143 Å². The number of hydrogen-bond acceptors (Lipinski definition) is 2. The molecule has 0 aliphatic heterocycles. The Balaban J connectivity index is 1.10. The molecule has 0 amide bonds. The standard InChI is InChI=1S/C74H48N6/c1-46-43-50(44-47(2)76-46)70-61(45-75)71(48-35-39-51(40-36-48)77-62-27-11-3-19-53(62)54-20-4-12-28-63(54)77)73(79-66-31-15-7-23-57(66)58-24-8-16-32-67(58)79)74(80-68-33-17-9-25-59(68)60-26-10-18-34-69(60)80)72(70)49-37-41-52(42-38-49)78-64-29-13-5-21-55(64)56-22-6-14-30-65(56)78/h3-44H,1-2H3. The molecule has 0 bridgehead atoms. The number of benzene rings is 11. The van der Waals surface area contributed by atoms with E-state index in [4.69, 9.17) is 4.98 Å². The average Bonchev–Trinajstić information content (AvgIpc) is 4.27. The average molecular weight is 1020 g/mol. The van der Waals surface area contributed by atoms with Gasteiger partial charge in [-0.1, -0.05) is 170 Å². The number of nitriles is 1. The Hall–Kier alpha value is -10.7. The van der Waals surface area contributed by atoms with Crippen LogP contribution in [0, 0.1) is 25.2 Å². The third kappa shape index (κ3) is 6.62. The summed E-state index contributed by atoms with van der Waals surface area (Å²) < 4.78 is 9.66. The molecular formula is C74H48N6. The van der Waals surface area contributed by atoms with Gasteiger partial charge in [0.1, 0.15) is 6.07 Å². The van der Waals surface area contributed by atoms with E-state index >= 15 is 0 Å². The Labute approximate surface area is 461 Å². The second-order valence-electron chi connectivity index (χ2n) is 21.0. The highest BCUT2D eigenvalue weighted by molar-refractivity contribution is 6.16. The van der Waals surface area contributed by atoms with Crippen LogP contribution >= 0.6 is 0 Å². The van der Waals surface area contributed by atoms with E-state index in [0.717, 1.165) is 133 Å². The highest BCUT2D eigenvalue weighted by Crippen LogP contribution is 2.52. The number of pyridine rings is 1. The van der Waals surface area contributed by atoms with E-state index in [1.54, 1.807) is 0 Å². The van der Waals surface area contributed by atoms with Crippen LogP contribution in [0.2, 0.25) is 0 Å². The first-order valence-corrected chi connectivity index (χ1v) is 27.3. The maximum atomic E-state index is 12.5. The Morgan fingerprint density at radius 3 is 0.850 bits per heavy atom. The summed E-state index contributed by atoms with van der Waals surface area (Å²) in [5, 5.41) is 21.8. The van der Waals surface area contributed by atoms with Crippen molar-refractivity contribution < 1.29 is 0 Å². The molecule has 0 saturated heterocycles. The number of nitrogens with zero attached hydrogens (tertiary/aromatic N) is 6. The molecule has 5 heterocycles. The highest BCUT2D eigenvalue weighted by Gasteiger charge is 2.33. The molecule has 0 saturated carbocycles. The lowest BCUT2D eigenvalue weighted by molar-refractivity contribution is 1.09. The van der Waals surface area contributed by atoms with Gasteiger partial charge in [-0.05, 0) is 115 Å². The highest BCUT2D eigenvalue weighted by atomic mass is 15.1. The van der Waals surface area contributed by atoms with Crippen molar-refractivity contribution in [1.82, 2.24) is 23.3 Å². The van der Waals surface area contributed by atoms with Crippen LogP contribution in [0.5, 0.6) is 0 Å². The fourth-order valence-corrected chi connectivity index (χ4v) is 13.4. The summed E-state index contributed by atoms with van der Waals surface area (Å²) in [6.45, 7) is 4.11. The Bertz CT molecular complexity index is 5040. The zero-order valence-corrected chi connectivity index (χ0v) is 43.9. The molecule has 11 aromatic carbocycles. The minimum absolute atomic E-state index is 0.572. The van der Waals surface area contributed by atoms with Gasteiger partial charge in [0.25, 0.3) is 0 Å². The van der Waals surface area contributed by atoms with Gasteiger partial charge >= 0.3 is 0 Å². The lowest BCUT2D eigenvalue weighted by atomic mass is 9.82. The number of para-hydroxylation sites is 8. The number of hydrogen-bond donors (Lipinski definition) is 0. The Morgan fingerprint density at radius 1 is 0.287 bits per heavy atom. The quantitative estimate of drug-likeness (QED) is 0.160. The molecule has 0 unspecified atom stereocenters. The number of fused-ring (bicyclic) bond motifs is 12. The van der Waals surface area contributed by atoms with E-state index in [-0.39, 0.29) is 0 Å². The molecule has 6 nitrogen and oxygen atoms in total. The number of aromatic nitrogens is 5. The number of rotatable bonds is 7. The second kappa shape index (κ2) is 17.7. The van der Waals surface area contributed by atoms with Crippen LogP contribution in [0.4, 0.5) is 0 Å². The first kappa shape index (κ1) is 45.5. The van der Waals surface area contributed by atoms with E-state index in [2.05, 4.69) is 293 Å². The summed E-state index contributed by atoms with van der Waals surface area (Å²) in [7, 11) is 0. The lowest BCUT2D eigenvalue weighted by Crippen LogP contribution is -2.11. The van der Waals surface area contributed by atoms with Crippen LogP contribution in [0.15, 0.2) is 255 Å². The van der Waals surface area contributed by atoms with E-state index in [1.807, 2.05) is 0 Å². The van der Waals surface area contributed by atoms with Gasteiger partial charge in [-0.15, -0.1) is 0 Å². The third-order valence-electron chi connectivity index (χ3n) is 16.5. The zero-order valence-electron chi connectivity index (χ0n) is 43.9. The second-order valence-corrected chi connectivity index (χ2v) is 21.0. The van der Waals surface area contributed by atoms with Gasteiger partial charge in [-0.2, -0.15) is 5.26 Å². The zero-order chi connectivity index (χ0) is 53.2. The van der Waals surface area contributed by atoms with Crippen LogP contribution in [0.3, 0.4) is 0 Å². The summed E-state index contributed by atoms with van der Waals surface area (Å²) in [6.07, 6.45) is 0. The number of aryl methyl sites for hydroxylation is 2. The third-order valence-corrected chi connectivity index (χ3v) is 16.5. The molecule has 0 spiro atoms. The SMILES string of the molecule is Cc1cc(-c2c(C#N)c(-c3ccc(-n4c5ccccc5c5ccccc54)cc3)c(-n3c4ccccc4c4ccccc43)c(-n3c4ccccc4c4ccccc43)c2-c2ccc(-n3c4ccccc4c4ccccc43)cc2)cc(C)n1. The summed E-state index contributed by atoms with van der Waals surface area (Å²) in [6, 6.07) is 94.8. The predicted molar refractivity (Wildman–Crippen MR) is 332 cm³/mol. The van der Waals surface area contributed by atoms with Crippen molar-refractivity contribution in [3.63, 3.8) is 0 Å². The predicted octanol–water partition coefficient (Wildman–Crippen LogP) is 19.0. The van der Waals surface area contributed by atoms with Crippen molar-refractivity contribution >= 4 is 87.2 Å². The molecule has 0 aliphatic carbocycles. The Kier molecular flexibility index (Phi) is 10.0. The van der Waals surface area contributed by atoms with Crippen molar-refractivity contribution in [3.05, 3.63) is 272 Å². The van der Waals surface area contributed by atoms with E-state index in [0.29, 0.717) is 5.56 Å². The molecule has 80 heavy (non-hydrogen) atoms. The molecule has 16 aromatic rings. The molecule has 0 N–H and O–H groups in total. The van der Waals surface area contributed by atoms with Crippen LogP contribution < -0.4 is 0 Å². The van der Waals surface area contributed by atoms with Gasteiger partial charge in [0.15, 0.2) is 0 Å². The smallest absolute Gasteiger partial charge is 0.101 e. The van der Waals surface area contributed by atoms with Crippen molar-refractivity contribution in [3.8, 4) is 62.2 Å². The van der Waals surface area contributed by atoms with Gasteiger partial charge in [0, 0.05) is 82.5 Å². The summed E-state index contributed by atoms with van der Waals surface area (Å²) in [5.74, 6) is 0. The van der Waals surface area contributed by atoms with Crippen molar-refractivity contribution in [2.24, 2.45) is 0 Å². The van der Waals surface area contributed by atoms with Crippen LogP contribution in [-0.4, -0.2) is 23.3 Å². The maximum Gasteiger partial charge on any atom is 0.101 e. The first-order chi connectivity index (χ1) is 39.5. The van der Waals surface area contributed by atoms with E-state index in [9.17, 15) is 5.26 Å². The van der Waals surface area contributed by atoms with Crippen LogP contribution in [0.1, 0.15) is 17.0 Å². The fraction of sp³-hybridized carbons (Fsp3) is 0.0270. The summed E-state index contributed by atoms with van der Waals surface area (Å²) in [4.78, 5) is 4.95. The first-order valence-electron chi connectivity index (χ1n) is 27.3. The molecule has 0 aliphatic rings. The molecule has 0 fully saturated rings. The molecular weight excluding hydrogens is 973 g/mol. The van der Waals surface area contributed by atoms with Gasteiger partial charge in [-0.3, -0.25) is 4.98 Å². The maximum absolute atomic E-state index is 12.5. The van der Waals surface area contributed by atoms with E-state index < -0.39 is 0 Å². The molecule has 374 valence electrons. The molecule has 6 heteroatoms. The monoisotopic (exact) mass is 1020 g/mol. The normalized spacial score (nSPS) is 11.9.